The Balaban J connectivity index is 2.80. The van der Waals surface area contributed by atoms with Gasteiger partial charge in [0.25, 0.3) is 0 Å². The quantitative estimate of drug-likeness (QED) is 0.855. The van der Waals surface area contributed by atoms with Gasteiger partial charge in [0, 0.05) is 6.54 Å². The third-order valence-corrected chi connectivity index (χ3v) is 3.48. The maximum Gasteiger partial charge on any atom is 0.410 e. The Kier molecular flexibility index (Phi) is 6.94. The van der Waals surface area contributed by atoms with Gasteiger partial charge in [-0.25, -0.2) is 4.79 Å². The fourth-order valence-electron chi connectivity index (χ4n) is 1.74. The molecule has 0 heterocycles. The van der Waals surface area contributed by atoms with E-state index in [0.29, 0.717) is 15.6 Å². The molecule has 1 aromatic carbocycles. The van der Waals surface area contributed by atoms with Crippen LogP contribution in [0.1, 0.15) is 32.4 Å². The number of amides is 1. The molecule has 7 heteroatoms. The standard InChI is InChI=1S/C15H21Cl2NO4/c1-15(2,3)22-14(21)18(6-7-19)9-13(20)10-4-5-11(16)12(17)8-10/h4-5,8,13,19-20H,6-7,9H2,1-3H3/t13-/m0/s1. The van der Waals surface area contributed by atoms with E-state index in [2.05, 4.69) is 0 Å². The van der Waals surface area contributed by atoms with Crippen LogP contribution in [0.4, 0.5) is 4.79 Å². The molecule has 0 aliphatic rings. The summed E-state index contributed by atoms with van der Waals surface area (Å²) >= 11 is 11.7. The fourth-order valence-corrected chi connectivity index (χ4v) is 2.04. The Hall–Kier alpha value is -1.01. The van der Waals surface area contributed by atoms with Gasteiger partial charge in [-0.2, -0.15) is 0 Å². The molecule has 0 aromatic heterocycles. The number of aliphatic hydroxyl groups excluding tert-OH is 2. The maximum atomic E-state index is 12.1. The monoisotopic (exact) mass is 349 g/mol. The lowest BCUT2D eigenvalue weighted by Crippen LogP contribution is -2.40. The highest BCUT2D eigenvalue weighted by Gasteiger charge is 2.24. The smallest absolute Gasteiger partial charge is 0.410 e. The molecule has 1 atom stereocenters. The van der Waals surface area contributed by atoms with Crippen LogP contribution >= 0.6 is 23.2 Å². The normalized spacial score (nSPS) is 12.9. The Morgan fingerprint density at radius 2 is 1.95 bits per heavy atom. The van der Waals surface area contributed by atoms with E-state index in [9.17, 15) is 9.90 Å². The van der Waals surface area contributed by atoms with Crippen LogP contribution in [0.3, 0.4) is 0 Å². The Labute approximate surface area is 140 Å². The number of carbonyl (C=O) groups excluding carboxylic acids is 1. The Bertz CT molecular complexity index is 517. The zero-order chi connectivity index (χ0) is 16.9. The number of halogens is 2. The minimum Gasteiger partial charge on any atom is -0.444 e. The van der Waals surface area contributed by atoms with E-state index in [1.165, 1.54) is 4.90 Å². The average Bonchev–Trinajstić information content (AvgIpc) is 2.39. The number of nitrogens with zero attached hydrogens (tertiary/aromatic N) is 1. The van der Waals surface area contributed by atoms with Crippen LogP contribution in [0.2, 0.25) is 10.0 Å². The summed E-state index contributed by atoms with van der Waals surface area (Å²) in [7, 11) is 0. The first-order chi connectivity index (χ1) is 10.1. The van der Waals surface area contributed by atoms with Gasteiger partial charge in [0.2, 0.25) is 0 Å². The molecule has 1 amide bonds. The van der Waals surface area contributed by atoms with Crippen LogP contribution in [-0.2, 0) is 4.74 Å². The molecule has 0 saturated heterocycles. The molecule has 0 spiro atoms. The number of ether oxygens (including phenoxy) is 1. The third kappa shape index (κ3) is 6.01. The van der Waals surface area contributed by atoms with Crippen LogP contribution in [0.25, 0.3) is 0 Å². The summed E-state index contributed by atoms with van der Waals surface area (Å²) < 4.78 is 5.25. The second-order valence-corrected chi connectivity index (χ2v) is 6.65. The molecule has 0 aliphatic carbocycles. The number of rotatable bonds is 5. The van der Waals surface area contributed by atoms with Gasteiger partial charge in [0.05, 0.1) is 29.3 Å². The molecular weight excluding hydrogens is 329 g/mol. The third-order valence-electron chi connectivity index (χ3n) is 2.74. The highest BCUT2D eigenvalue weighted by molar-refractivity contribution is 6.42. The van der Waals surface area contributed by atoms with Crippen LogP contribution in [0, 0.1) is 0 Å². The summed E-state index contributed by atoms with van der Waals surface area (Å²) in [6, 6.07) is 4.75. The summed E-state index contributed by atoms with van der Waals surface area (Å²) in [4.78, 5) is 13.3. The van der Waals surface area contributed by atoms with Gasteiger partial charge in [-0.05, 0) is 38.5 Å². The predicted octanol–water partition coefficient (Wildman–Crippen LogP) is 3.26. The van der Waals surface area contributed by atoms with Gasteiger partial charge in [-0.3, -0.25) is 0 Å². The summed E-state index contributed by atoms with van der Waals surface area (Å²) in [5.74, 6) is 0. The summed E-state index contributed by atoms with van der Waals surface area (Å²) in [6.07, 6.45) is -1.56. The van der Waals surface area contributed by atoms with Gasteiger partial charge in [-0.15, -0.1) is 0 Å². The molecule has 0 radical (unpaired) electrons. The maximum absolute atomic E-state index is 12.1. The van der Waals surface area contributed by atoms with Crippen molar-refractivity contribution in [3.8, 4) is 0 Å². The van der Waals surface area contributed by atoms with Gasteiger partial charge < -0.3 is 19.8 Å². The largest absolute Gasteiger partial charge is 0.444 e. The zero-order valence-corrected chi connectivity index (χ0v) is 14.4. The highest BCUT2D eigenvalue weighted by Crippen LogP contribution is 2.26. The molecule has 1 aromatic rings. The van der Waals surface area contributed by atoms with Crippen molar-refractivity contribution in [3.63, 3.8) is 0 Å². The molecule has 0 saturated carbocycles. The second kappa shape index (κ2) is 8.02. The van der Waals surface area contributed by atoms with E-state index in [4.69, 9.17) is 33.0 Å². The molecule has 0 bridgehead atoms. The molecule has 5 nitrogen and oxygen atoms in total. The van der Waals surface area contributed by atoms with Crippen LogP contribution in [0.5, 0.6) is 0 Å². The lowest BCUT2D eigenvalue weighted by Gasteiger charge is -2.28. The van der Waals surface area contributed by atoms with Crippen molar-refractivity contribution in [2.75, 3.05) is 19.7 Å². The first kappa shape index (κ1) is 19.0. The van der Waals surface area contributed by atoms with E-state index >= 15 is 0 Å². The molecular formula is C15H21Cl2NO4. The highest BCUT2D eigenvalue weighted by atomic mass is 35.5. The Morgan fingerprint density at radius 1 is 1.32 bits per heavy atom. The number of hydrogen-bond acceptors (Lipinski definition) is 4. The molecule has 0 fully saturated rings. The first-order valence-corrected chi connectivity index (χ1v) is 7.61. The van der Waals surface area contributed by atoms with Crippen molar-refractivity contribution in [3.05, 3.63) is 33.8 Å². The average molecular weight is 350 g/mol. The van der Waals surface area contributed by atoms with Gasteiger partial charge in [0.15, 0.2) is 0 Å². The van der Waals surface area contributed by atoms with Crippen LogP contribution in [-0.4, -0.2) is 46.5 Å². The fraction of sp³-hybridized carbons (Fsp3) is 0.533. The summed E-state index contributed by atoms with van der Waals surface area (Å²) in [6.45, 7) is 5.06. The summed E-state index contributed by atoms with van der Waals surface area (Å²) in [5, 5.41) is 20.0. The lowest BCUT2D eigenvalue weighted by molar-refractivity contribution is 0.0109. The van der Waals surface area contributed by atoms with Gasteiger partial charge in [0.1, 0.15) is 5.60 Å². The minimum atomic E-state index is -0.964. The van der Waals surface area contributed by atoms with Crippen molar-refractivity contribution in [1.82, 2.24) is 4.90 Å². The number of aliphatic hydroxyl groups is 2. The molecule has 22 heavy (non-hydrogen) atoms. The number of carbonyl (C=O) groups is 1. The van der Waals surface area contributed by atoms with Crippen LogP contribution in [0.15, 0.2) is 18.2 Å². The number of hydrogen-bond donors (Lipinski definition) is 2. The molecule has 0 aliphatic heterocycles. The zero-order valence-electron chi connectivity index (χ0n) is 12.8. The van der Waals surface area contributed by atoms with E-state index in [1.54, 1.807) is 39.0 Å². The first-order valence-electron chi connectivity index (χ1n) is 6.86. The lowest BCUT2D eigenvalue weighted by atomic mass is 10.1. The van der Waals surface area contributed by atoms with Crippen molar-refractivity contribution in [1.29, 1.82) is 0 Å². The molecule has 0 unspecified atom stereocenters. The van der Waals surface area contributed by atoms with Gasteiger partial charge >= 0.3 is 6.09 Å². The van der Waals surface area contributed by atoms with E-state index in [0.717, 1.165) is 0 Å². The van der Waals surface area contributed by atoms with Gasteiger partial charge in [-0.1, -0.05) is 29.3 Å². The predicted molar refractivity (Wildman–Crippen MR) is 86.3 cm³/mol. The van der Waals surface area contributed by atoms with Crippen LogP contribution < -0.4 is 0 Å². The molecule has 1 rings (SSSR count). The number of benzene rings is 1. The SMILES string of the molecule is CC(C)(C)OC(=O)N(CCO)C[C@H](O)c1ccc(Cl)c(Cl)c1. The van der Waals surface area contributed by atoms with E-state index in [-0.39, 0.29) is 19.7 Å². The molecule has 2 N–H and O–H groups in total. The van der Waals surface area contributed by atoms with Crippen molar-refractivity contribution in [2.24, 2.45) is 0 Å². The van der Waals surface area contributed by atoms with Crippen molar-refractivity contribution < 1.29 is 19.7 Å². The molecule has 124 valence electrons. The Morgan fingerprint density at radius 3 is 2.45 bits per heavy atom. The topological polar surface area (TPSA) is 70.0 Å². The minimum absolute atomic E-state index is 0.0204. The second-order valence-electron chi connectivity index (χ2n) is 5.84. The van der Waals surface area contributed by atoms with Crippen molar-refractivity contribution >= 4 is 29.3 Å². The van der Waals surface area contributed by atoms with Crippen molar-refractivity contribution in [2.45, 2.75) is 32.5 Å². The summed E-state index contributed by atoms with van der Waals surface area (Å²) in [5.41, 5.74) is -0.125. The van der Waals surface area contributed by atoms with E-state index in [1.807, 2.05) is 0 Å². The van der Waals surface area contributed by atoms with E-state index < -0.39 is 17.8 Å².